The van der Waals surface area contributed by atoms with E-state index in [0.717, 1.165) is 28.3 Å². The molecule has 2 aromatic rings. The van der Waals surface area contributed by atoms with E-state index >= 15 is 0 Å². The summed E-state index contributed by atoms with van der Waals surface area (Å²) in [6.45, 7) is 4.81. The number of amides is 2. The molecule has 2 amide bonds. The molecule has 0 fully saturated rings. The monoisotopic (exact) mass is 424 g/mol. The lowest BCUT2D eigenvalue weighted by molar-refractivity contribution is 0.0586. The molecule has 7 nitrogen and oxygen atoms in total. The van der Waals surface area contributed by atoms with E-state index in [1.165, 1.54) is 0 Å². The molecular formula is C24H32N4O3. The van der Waals surface area contributed by atoms with Crippen LogP contribution in [-0.2, 0) is 11.4 Å². The van der Waals surface area contributed by atoms with E-state index < -0.39 is 0 Å². The minimum atomic E-state index is -0.188. The normalized spacial score (nSPS) is 15.3. The summed E-state index contributed by atoms with van der Waals surface area (Å²) in [6, 6.07) is 15.9. The van der Waals surface area contributed by atoms with Gasteiger partial charge in [0.15, 0.2) is 6.10 Å². The van der Waals surface area contributed by atoms with Crippen molar-refractivity contribution in [3.8, 4) is 5.75 Å². The molecule has 166 valence electrons. The standard InChI is InChI=1S/C24H32N4O3/c1-17(2)25-24(29)28(15-18-7-6-8-21(13-18)30-5)16-22-14-23(26-31-22)19-9-11-20(12-10-19)27(3)4/h6-13,17,22H,14-16H2,1-5H3,(H,25,29). The Kier molecular flexibility index (Phi) is 7.39. The van der Waals surface area contributed by atoms with Crippen LogP contribution in [0.1, 0.15) is 31.4 Å². The largest absolute Gasteiger partial charge is 0.497 e. The van der Waals surface area contributed by atoms with Crippen LogP contribution in [0.2, 0.25) is 0 Å². The Morgan fingerprint density at radius 3 is 2.61 bits per heavy atom. The summed E-state index contributed by atoms with van der Waals surface area (Å²) in [5.74, 6) is 0.769. The summed E-state index contributed by atoms with van der Waals surface area (Å²) in [5.41, 5.74) is 4.08. The van der Waals surface area contributed by atoms with Gasteiger partial charge in [-0.2, -0.15) is 0 Å². The van der Waals surface area contributed by atoms with E-state index in [4.69, 9.17) is 9.57 Å². The van der Waals surface area contributed by atoms with Gasteiger partial charge in [-0.1, -0.05) is 29.4 Å². The van der Waals surface area contributed by atoms with Crippen LogP contribution in [0.3, 0.4) is 0 Å². The average molecular weight is 425 g/mol. The molecule has 0 spiro atoms. The lowest BCUT2D eigenvalue weighted by atomic mass is 10.0. The highest BCUT2D eigenvalue weighted by atomic mass is 16.6. The van der Waals surface area contributed by atoms with Crippen molar-refractivity contribution in [3.05, 3.63) is 59.7 Å². The lowest BCUT2D eigenvalue weighted by Crippen LogP contribution is -2.45. The minimum Gasteiger partial charge on any atom is -0.497 e. The zero-order valence-electron chi connectivity index (χ0n) is 19.0. The SMILES string of the molecule is COc1cccc(CN(CC2CC(c3ccc(N(C)C)cc3)=NO2)C(=O)NC(C)C)c1. The summed E-state index contributed by atoms with van der Waals surface area (Å²) < 4.78 is 5.32. The lowest BCUT2D eigenvalue weighted by Gasteiger charge is -2.26. The second-order valence-corrected chi connectivity index (χ2v) is 8.25. The van der Waals surface area contributed by atoms with Crippen LogP contribution in [0.5, 0.6) is 5.75 Å². The Labute approximate surface area is 184 Å². The first-order valence-corrected chi connectivity index (χ1v) is 10.5. The average Bonchev–Trinajstić information content (AvgIpc) is 3.21. The van der Waals surface area contributed by atoms with Crippen LogP contribution in [0.15, 0.2) is 53.7 Å². The Balaban J connectivity index is 1.67. The molecule has 0 bridgehead atoms. The molecule has 7 heteroatoms. The number of urea groups is 1. The van der Waals surface area contributed by atoms with Crippen molar-refractivity contribution < 1.29 is 14.4 Å². The predicted molar refractivity (Wildman–Crippen MR) is 124 cm³/mol. The van der Waals surface area contributed by atoms with Crippen molar-refractivity contribution >= 4 is 17.4 Å². The Morgan fingerprint density at radius 2 is 1.97 bits per heavy atom. The van der Waals surface area contributed by atoms with Crippen molar-refractivity contribution in [1.29, 1.82) is 0 Å². The summed E-state index contributed by atoms with van der Waals surface area (Å²) in [4.78, 5) is 22.4. The van der Waals surface area contributed by atoms with Gasteiger partial charge in [0.25, 0.3) is 0 Å². The first-order chi connectivity index (χ1) is 14.9. The highest BCUT2D eigenvalue weighted by Gasteiger charge is 2.27. The zero-order chi connectivity index (χ0) is 22.4. The molecule has 2 aromatic carbocycles. The van der Waals surface area contributed by atoms with Crippen LogP contribution in [0.4, 0.5) is 10.5 Å². The number of ether oxygens (including phenoxy) is 1. The molecule has 0 saturated heterocycles. The summed E-state index contributed by atoms with van der Waals surface area (Å²) in [6.07, 6.45) is 0.470. The van der Waals surface area contributed by atoms with Crippen molar-refractivity contribution in [1.82, 2.24) is 10.2 Å². The van der Waals surface area contributed by atoms with E-state index in [0.29, 0.717) is 19.5 Å². The Morgan fingerprint density at radius 1 is 1.23 bits per heavy atom. The van der Waals surface area contributed by atoms with Crippen molar-refractivity contribution in [3.63, 3.8) is 0 Å². The number of methoxy groups -OCH3 is 1. The van der Waals surface area contributed by atoms with Crippen LogP contribution in [0, 0.1) is 0 Å². The summed E-state index contributed by atoms with van der Waals surface area (Å²) in [5, 5.41) is 7.28. The number of nitrogens with zero attached hydrogens (tertiary/aromatic N) is 3. The molecule has 0 aliphatic carbocycles. The van der Waals surface area contributed by atoms with E-state index in [9.17, 15) is 4.79 Å². The number of hydrogen-bond donors (Lipinski definition) is 1. The van der Waals surface area contributed by atoms with Gasteiger partial charge < -0.3 is 24.7 Å². The van der Waals surface area contributed by atoms with Gasteiger partial charge in [0.05, 0.1) is 19.4 Å². The molecule has 1 unspecified atom stereocenters. The van der Waals surface area contributed by atoms with Crippen LogP contribution in [0.25, 0.3) is 0 Å². The molecule has 1 heterocycles. The third-order valence-electron chi connectivity index (χ3n) is 5.08. The van der Waals surface area contributed by atoms with Crippen LogP contribution >= 0.6 is 0 Å². The van der Waals surface area contributed by atoms with E-state index in [1.54, 1.807) is 12.0 Å². The van der Waals surface area contributed by atoms with Gasteiger partial charge in [0, 0.05) is 38.8 Å². The van der Waals surface area contributed by atoms with E-state index in [-0.39, 0.29) is 18.2 Å². The zero-order valence-corrected chi connectivity index (χ0v) is 19.0. The number of nitrogens with one attached hydrogen (secondary N) is 1. The first kappa shape index (κ1) is 22.5. The highest BCUT2D eigenvalue weighted by Crippen LogP contribution is 2.21. The van der Waals surface area contributed by atoms with Gasteiger partial charge in [-0.15, -0.1) is 0 Å². The molecule has 1 aliphatic rings. The van der Waals surface area contributed by atoms with Crippen molar-refractivity contribution in [2.24, 2.45) is 5.16 Å². The summed E-state index contributed by atoms with van der Waals surface area (Å²) in [7, 11) is 5.67. The molecule has 1 N–H and O–H groups in total. The first-order valence-electron chi connectivity index (χ1n) is 10.5. The topological polar surface area (TPSA) is 66.4 Å². The third-order valence-corrected chi connectivity index (χ3v) is 5.08. The van der Waals surface area contributed by atoms with E-state index in [1.807, 2.05) is 52.2 Å². The van der Waals surface area contributed by atoms with Gasteiger partial charge in [-0.3, -0.25) is 0 Å². The van der Waals surface area contributed by atoms with Crippen molar-refractivity contribution in [2.75, 3.05) is 32.6 Å². The third kappa shape index (κ3) is 6.13. The Bertz CT molecular complexity index is 909. The van der Waals surface area contributed by atoms with Crippen LogP contribution in [-0.4, -0.2) is 56.5 Å². The van der Waals surface area contributed by atoms with Gasteiger partial charge in [0.1, 0.15) is 5.75 Å². The number of hydrogen-bond acceptors (Lipinski definition) is 5. The van der Waals surface area contributed by atoms with Gasteiger partial charge >= 0.3 is 6.03 Å². The summed E-state index contributed by atoms with van der Waals surface area (Å²) >= 11 is 0. The number of benzene rings is 2. The molecule has 3 rings (SSSR count). The smallest absolute Gasteiger partial charge is 0.318 e. The number of anilines is 1. The van der Waals surface area contributed by atoms with Gasteiger partial charge in [-0.05, 0) is 49.2 Å². The fourth-order valence-corrected chi connectivity index (χ4v) is 3.44. The number of carbonyl (C=O) groups is 1. The second kappa shape index (κ2) is 10.2. The van der Waals surface area contributed by atoms with Crippen molar-refractivity contribution in [2.45, 2.75) is 39.0 Å². The number of carbonyl (C=O) groups excluding carboxylic acids is 1. The highest BCUT2D eigenvalue weighted by molar-refractivity contribution is 6.01. The molecule has 1 atom stereocenters. The number of oxime groups is 1. The van der Waals surface area contributed by atoms with Gasteiger partial charge in [0.2, 0.25) is 0 Å². The van der Waals surface area contributed by atoms with Crippen LogP contribution < -0.4 is 15.0 Å². The maximum absolute atomic E-state index is 12.8. The molecule has 0 aromatic heterocycles. The molecule has 0 radical (unpaired) electrons. The predicted octanol–water partition coefficient (Wildman–Crippen LogP) is 3.87. The maximum Gasteiger partial charge on any atom is 0.318 e. The molecular weight excluding hydrogens is 392 g/mol. The maximum atomic E-state index is 12.8. The second-order valence-electron chi connectivity index (χ2n) is 8.25. The molecule has 0 saturated carbocycles. The molecule has 31 heavy (non-hydrogen) atoms. The van der Waals surface area contributed by atoms with Gasteiger partial charge in [-0.25, -0.2) is 4.79 Å². The molecule has 1 aliphatic heterocycles. The number of rotatable bonds is 8. The Hall–Kier alpha value is -3.22. The minimum absolute atomic E-state index is 0.0480. The fraction of sp³-hybridized carbons (Fsp3) is 0.417. The quantitative estimate of drug-likeness (QED) is 0.699. The van der Waals surface area contributed by atoms with E-state index in [2.05, 4.69) is 39.6 Å². The fourth-order valence-electron chi connectivity index (χ4n) is 3.44.